The summed E-state index contributed by atoms with van der Waals surface area (Å²) in [6.07, 6.45) is 0.982. The van der Waals surface area contributed by atoms with Crippen molar-refractivity contribution in [1.82, 2.24) is 0 Å². The monoisotopic (exact) mass is 266 g/mol. The van der Waals surface area contributed by atoms with Gasteiger partial charge in [-0.1, -0.05) is 0 Å². The number of rotatable bonds is 3. The van der Waals surface area contributed by atoms with Gasteiger partial charge in [0.2, 0.25) is 5.91 Å². The summed E-state index contributed by atoms with van der Waals surface area (Å²) in [6, 6.07) is 5.90. The van der Waals surface area contributed by atoms with Crippen LogP contribution in [0.3, 0.4) is 0 Å². The number of carbonyl (C=O) groups is 1. The Morgan fingerprint density at radius 1 is 1.37 bits per heavy atom. The molecule has 1 heterocycles. The van der Waals surface area contributed by atoms with E-state index in [4.69, 9.17) is 10.5 Å². The number of hydrogen-bond donors (Lipinski definition) is 2. The Morgan fingerprint density at radius 3 is 2.53 bits per heavy atom. The molecule has 1 aliphatic rings. The highest BCUT2D eigenvalue weighted by atomic mass is 19.1. The first-order valence-corrected chi connectivity index (χ1v) is 6.31. The maximum atomic E-state index is 12.9. The van der Waals surface area contributed by atoms with Gasteiger partial charge >= 0.3 is 0 Å². The van der Waals surface area contributed by atoms with E-state index in [9.17, 15) is 9.18 Å². The van der Waals surface area contributed by atoms with Gasteiger partial charge in [0, 0.05) is 18.5 Å². The summed E-state index contributed by atoms with van der Waals surface area (Å²) in [7, 11) is 0. The molecule has 0 aliphatic carbocycles. The van der Waals surface area contributed by atoms with Crippen LogP contribution in [-0.4, -0.2) is 23.7 Å². The summed E-state index contributed by atoms with van der Waals surface area (Å²) in [5, 5.41) is 3.16. The summed E-state index contributed by atoms with van der Waals surface area (Å²) < 4.78 is 18.5. The smallest absolute Gasteiger partial charge is 0.243 e. The quantitative estimate of drug-likeness (QED) is 0.880. The summed E-state index contributed by atoms with van der Waals surface area (Å²) >= 11 is 0. The molecule has 0 saturated carbocycles. The summed E-state index contributed by atoms with van der Waals surface area (Å²) in [5.74, 6) is -0.723. The van der Waals surface area contributed by atoms with E-state index in [1.807, 2.05) is 13.8 Å². The number of primary amides is 1. The van der Waals surface area contributed by atoms with E-state index >= 15 is 0 Å². The number of halogens is 1. The predicted molar refractivity (Wildman–Crippen MR) is 71.2 cm³/mol. The molecule has 1 amide bonds. The van der Waals surface area contributed by atoms with Crippen LogP contribution in [0.25, 0.3) is 0 Å². The Morgan fingerprint density at radius 2 is 2.00 bits per heavy atom. The predicted octanol–water partition coefficient (Wildman–Crippen LogP) is 2.05. The topological polar surface area (TPSA) is 64.3 Å². The standard InChI is InChI=1S/C14H19FN2O2/c1-13(2)9-14(12(16)18,7-8-19-13)17-11-5-3-10(15)4-6-11/h3-6,17H,7-9H2,1-2H3,(H2,16,18). The second kappa shape index (κ2) is 4.81. The van der Waals surface area contributed by atoms with Gasteiger partial charge in [-0.3, -0.25) is 4.79 Å². The molecule has 104 valence electrons. The normalized spacial score (nSPS) is 25.8. The molecule has 1 atom stereocenters. The molecule has 4 nitrogen and oxygen atoms in total. The number of benzene rings is 1. The first kappa shape index (κ1) is 13.8. The SMILES string of the molecule is CC1(C)CC(Nc2ccc(F)cc2)(C(N)=O)CCO1. The zero-order valence-electron chi connectivity index (χ0n) is 11.2. The van der Waals surface area contributed by atoms with Crippen molar-refractivity contribution in [3.05, 3.63) is 30.1 Å². The number of nitrogens with one attached hydrogen (secondary N) is 1. The molecule has 3 N–H and O–H groups in total. The van der Waals surface area contributed by atoms with E-state index in [0.717, 1.165) is 0 Å². The lowest BCUT2D eigenvalue weighted by molar-refractivity contribution is -0.133. The van der Waals surface area contributed by atoms with Crippen molar-refractivity contribution < 1.29 is 13.9 Å². The third kappa shape index (κ3) is 3.04. The molecule has 0 radical (unpaired) electrons. The highest BCUT2D eigenvalue weighted by Gasteiger charge is 2.45. The Bertz CT molecular complexity index is 473. The van der Waals surface area contributed by atoms with Crippen molar-refractivity contribution >= 4 is 11.6 Å². The van der Waals surface area contributed by atoms with Crippen molar-refractivity contribution in [2.24, 2.45) is 5.73 Å². The maximum absolute atomic E-state index is 12.9. The Kier molecular flexibility index (Phi) is 3.49. The molecule has 1 unspecified atom stereocenters. The van der Waals surface area contributed by atoms with E-state index in [0.29, 0.717) is 25.1 Å². The number of nitrogens with two attached hydrogens (primary N) is 1. The molecular formula is C14H19FN2O2. The lowest BCUT2D eigenvalue weighted by Crippen LogP contribution is -2.58. The lowest BCUT2D eigenvalue weighted by atomic mass is 9.80. The van der Waals surface area contributed by atoms with Crippen LogP contribution in [0, 0.1) is 5.82 Å². The van der Waals surface area contributed by atoms with Crippen molar-refractivity contribution in [1.29, 1.82) is 0 Å². The summed E-state index contributed by atoms with van der Waals surface area (Å²) in [5.41, 5.74) is 4.98. The molecule has 5 heteroatoms. The fourth-order valence-corrected chi connectivity index (χ4v) is 2.56. The number of hydrogen-bond acceptors (Lipinski definition) is 3. The molecular weight excluding hydrogens is 247 g/mol. The second-order valence-corrected chi connectivity index (χ2v) is 5.61. The fraction of sp³-hybridized carbons (Fsp3) is 0.500. The molecule has 19 heavy (non-hydrogen) atoms. The first-order chi connectivity index (χ1) is 8.83. The molecule has 1 aliphatic heterocycles. The Hall–Kier alpha value is -1.62. The highest BCUT2D eigenvalue weighted by molar-refractivity contribution is 5.88. The molecule has 0 aromatic heterocycles. The number of amides is 1. The van der Waals surface area contributed by atoms with E-state index < -0.39 is 17.0 Å². The number of ether oxygens (including phenoxy) is 1. The zero-order chi connectivity index (χ0) is 14.1. The van der Waals surface area contributed by atoms with Crippen molar-refractivity contribution in [2.75, 3.05) is 11.9 Å². The highest BCUT2D eigenvalue weighted by Crippen LogP contribution is 2.34. The zero-order valence-corrected chi connectivity index (χ0v) is 11.2. The van der Waals surface area contributed by atoms with Crippen LogP contribution in [-0.2, 0) is 9.53 Å². The van der Waals surface area contributed by atoms with Gasteiger partial charge < -0.3 is 15.8 Å². The maximum Gasteiger partial charge on any atom is 0.243 e. The van der Waals surface area contributed by atoms with Gasteiger partial charge in [0.1, 0.15) is 11.4 Å². The van der Waals surface area contributed by atoms with E-state index in [-0.39, 0.29) is 5.82 Å². The van der Waals surface area contributed by atoms with E-state index in [1.165, 1.54) is 12.1 Å². The molecule has 1 aromatic rings. The minimum absolute atomic E-state index is 0.314. The van der Waals surface area contributed by atoms with Crippen LogP contribution in [0.2, 0.25) is 0 Å². The largest absolute Gasteiger partial charge is 0.375 e. The number of carbonyl (C=O) groups excluding carboxylic acids is 1. The average Bonchev–Trinajstić information content (AvgIpc) is 2.31. The van der Waals surface area contributed by atoms with Crippen molar-refractivity contribution in [3.8, 4) is 0 Å². The molecule has 1 fully saturated rings. The molecule has 0 spiro atoms. The van der Waals surface area contributed by atoms with Crippen LogP contribution in [0.15, 0.2) is 24.3 Å². The van der Waals surface area contributed by atoms with Crippen LogP contribution in [0.1, 0.15) is 26.7 Å². The third-order valence-electron chi connectivity index (χ3n) is 3.45. The van der Waals surface area contributed by atoms with Gasteiger partial charge in [0.25, 0.3) is 0 Å². The van der Waals surface area contributed by atoms with Crippen molar-refractivity contribution in [3.63, 3.8) is 0 Å². The third-order valence-corrected chi connectivity index (χ3v) is 3.45. The van der Waals surface area contributed by atoms with Crippen molar-refractivity contribution in [2.45, 2.75) is 37.8 Å². The molecule has 1 aromatic carbocycles. The van der Waals surface area contributed by atoms with Crippen LogP contribution < -0.4 is 11.1 Å². The second-order valence-electron chi connectivity index (χ2n) is 5.61. The number of anilines is 1. The summed E-state index contributed by atoms with van der Waals surface area (Å²) in [6.45, 7) is 4.32. The average molecular weight is 266 g/mol. The van der Waals surface area contributed by atoms with Gasteiger partial charge in [-0.05, 0) is 38.1 Å². The minimum atomic E-state index is -0.848. The van der Waals surface area contributed by atoms with Gasteiger partial charge in [0.15, 0.2) is 0 Å². The minimum Gasteiger partial charge on any atom is -0.375 e. The Balaban J connectivity index is 2.25. The molecule has 1 saturated heterocycles. The van der Waals surface area contributed by atoms with Gasteiger partial charge in [-0.25, -0.2) is 4.39 Å². The first-order valence-electron chi connectivity index (χ1n) is 6.31. The van der Waals surface area contributed by atoms with E-state index in [2.05, 4.69) is 5.32 Å². The van der Waals surface area contributed by atoms with Crippen LogP contribution in [0.5, 0.6) is 0 Å². The van der Waals surface area contributed by atoms with E-state index in [1.54, 1.807) is 12.1 Å². The summed E-state index contributed by atoms with van der Waals surface area (Å²) in [4.78, 5) is 11.9. The molecule has 0 bridgehead atoms. The Labute approximate surface area is 112 Å². The van der Waals surface area contributed by atoms with Gasteiger partial charge in [-0.2, -0.15) is 0 Å². The van der Waals surface area contributed by atoms with Gasteiger partial charge in [-0.15, -0.1) is 0 Å². The van der Waals surface area contributed by atoms with Crippen LogP contribution in [0.4, 0.5) is 10.1 Å². The van der Waals surface area contributed by atoms with Crippen LogP contribution >= 0.6 is 0 Å². The fourth-order valence-electron chi connectivity index (χ4n) is 2.56. The molecule has 2 rings (SSSR count). The van der Waals surface area contributed by atoms with Gasteiger partial charge in [0.05, 0.1) is 12.2 Å². The lowest BCUT2D eigenvalue weighted by Gasteiger charge is -2.43.